The first kappa shape index (κ1) is 19.8. The molecule has 0 spiro atoms. The van der Waals surface area contributed by atoms with E-state index >= 15 is 0 Å². The Morgan fingerprint density at radius 2 is 1.68 bits per heavy atom. The second-order valence-electron chi connectivity index (χ2n) is 8.16. The fourth-order valence-corrected chi connectivity index (χ4v) is 6.38. The van der Waals surface area contributed by atoms with Crippen LogP contribution in [0.5, 0.6) is 0 Å². The zero-order valence-corrected chi connectivity index (χ0v) is 17.1. The molecule has 2 saturated carbocycles. The molecule has 3 aliphatic rings. The Morgan fingerprint density at radius 3 is 2.32 bits per heavy atom. The van der Waals surface area contributed by atoms with Crippen LogP contribution in [0, 0.1) is 11.8 Å². The highest BCUT2D eigenvalue weighted by molar-refractivity contribution is 7.53. The number of hydrogen-bond acceptors (Lipinski definition) is 4. The topological polar surface area (TPSA) is 51.2 Å². The fraction of sp³-hybridized carbons (Fsp3) is 1.00. The normalized spacial score (nSPS) is 36.8. The Hall–Kier alpha value is 0.0300. The molecule has 0 aromatic rings. The maximum absolute atomic E-state index is 13.4. The molecule has 0 N–H and O–H groups in total. The lowest BCUT2D eigenvalue weighted by Crippen LogP contribution is -2.49. The van der Waals surface area contributed by atoms with Crippen molar-refractivity contribution in [2.24, 2.45) is 11.8 Å². The van der Waals surface area contributed by atoms with Crippen molar-refractivity contribution in [3.05, 3.63) is 0 Å². The summed E-state index contributed by atoms with van der Waals surface area (Å²) >= 11 is 0. The van der Waals surface area contributed by atoms with Crippen molar-refractivity contribution in [3.8, 4) is 0 Å². The average molecular weight is 374 g/mol. The number of hydrogen-bond donors (Lipinski definition) is 0. The highest BCUT2D eigenvalue weighted by Gasteiger charge is 2.47. The van der Waals surface area contributed by atoms with Crippen LogP contribution in [0.2, 0.25) is 0 Å². The molecule has 0 radical (unpaired) electrons. The molecule has 0 amide bonds. The van der Waals surface area contributed by atoms with Crippen LogP contribution >= 0.6 is 7.67 Å². The van der Waals surface area contributed by atoms with Gasteiger partial charge in [0.15, 0.2) is 6.29 Å². The van der Waals surface area contributed by atoms with Gasteiger partial charge in [0.25, 0.3) is 0 Å². The number of ether oxygens (including phenoxy) is 2. The smallest absolute Gasteiger partial charge is 0.345 e. The van der Waals surface area contributed by atoms with Crippen LogP contribution < -0.4 is 0 Å². The molecule has 25 heavy (non-hydrogen) atoms. The summed E-state index contributed by atoms with van der Waals surface area (Å²) in [5.74, 6) is 0.824. The van der Waals surface area contributed by atoms with E-state index in [1.165, 1.54) is 19.3 Å². The summed E-state index contributed by atoms with van der Waals surface area (Å²) in [5.41, 5.74) is 0. The molecule has 0 aromatic heterocycles. The summed E-state index contributed by atoms with van der Waals surface area (Å²) in [6, 6.07) is 0. The predicted octanol–water partition coefficient (Wildman–Crippen LogP) is 3.72. The molecule has 1 saturated heterocycles. The van der Waals surface area contributed by atoms with Crippen LogP contribution in [0.1, 0.15) is 51.4 Å². The molecule has 3 fully saturated rings. The van der Waals surface area contributed by atoms with Gasteiger partial charge in [0.05, 0.1) is 12.2 Å². The van der Waals surface area contributed by atoms with Crippen molar-refractivity contribution >= 4 is 7.67 Å². The lowest BCUT2D eigenvalue weighted by molar-refractivity contribution is -0.220. The van der Waals surface area contributed by atoms with Gasteiger partial charge in [0.1, 0.15) is 0 Å². The molecule has 0 aromatic carbocycles. The second kappa shape index (κ2) is 8.37. The van der Waals surface area contributed by atoms with Gasteiger partial charge in [-0.15, -0.1) is 0 Å². The van der Waals surface area contributed by atoms with E-state index in [9.17, 15) is 4.57 Å². The molecular weight excluding hydrogens is 339 g/mol. The Bertz CT molecular complexity index is 470. The van der Waals surface area contributed by atoms with E-state index in [0.717, 1.165) is 38.7 Å². The van der Waals surface area contributed by atoms with Gasteiger partial charge in [-0.3, -0.25) is 4.57 Å². The van der Waals surface area contributed by atoms with Crippen LogP contribution in [0.25, 0.3) is 0 Å². The zero-order valence-electron chi connectivity index (χ0n) is 16.2. The summed E-state index contributed by atoms with van der Waals surface area (Å²) in [6.07, 6.45) is 9.09. The van der Waals surface area contributed by atoms with Crippen molar-refractivity contribution in [1.29, 1.82) is 0 Å². The number of rotatable bonds is 6. The number of fused-ring (bicyclic) bond motifs is 2. The first-order chi connectivity index (χ1) is 11.9. The second-order valence-corrected chi connectivity index (χ2v) is 10.9. The van der Waals surface area contributed by atoms with Crippen molar-refractivity contribution in [2.75, 3.05) is 34.8 Å². The van der Waals surface area contributed by atoms with Crippen LogP contribution in [0.4, 0.5) is 0 Å². The summed E-state index contributed by atoms with van der Waals surface area (Å²) in [6.45, 7) is 0.807. The van der Waals surface area contributed by atoms with E-state index in [-0.39, 0.29) is 18.5 Å². The average Bonchev–Trinajstić information content (AvgIpc) is 2.58. The minimum Gasteiger partial charge on any atom is -0.353 e. The minimum atomic E-state index is -2.98. The van der Waals surface area contributed by atoms with Gasteiger partial charge in [-0.05, 0) is 79.1 Å². The van der Waals surface area contributed by atoms with Crippen LogP contribution in [-0.2, 0) is 18.6 Å². The van der Waals surface area contributed by atoms with Gasteiger partial charge in [-0.1, -0.05) is 6.42 Å². The van der Waals surface area contributed by atoms with Gasteiger partial charge in [-0.25, -0.2) is 9.34 Å². The molecule has 1 heterocycles. The van der Waals surface area contributed by atoms with Crippen molar-refractivity contribution < 1.29 is 18.6 Å². The van der Waals surface area contributed by atoms with Gasteiger partial charge >= 0.3 is 7.67 Å². The SMILES string of the molecule is CN(C)P(=O)(OC1C2CCCC1C(OC1CCCCO1)CC2)N(C)C. The highest BCUT2D eigenvalue weighted by atomic mass is 31.2. The third-order valence-electron chi connectivity index (χ3n) is 6.03. The molecule has 3 rings (SSSR count). The Balaban J connectivity index is 1.72. The third kappa shape index (κ3) is 4.31. The summed E-state index contributed by atoms with van der Waals surface area (Å²) < 4.78 is 35.4. The molecule has 5 atom stereocenters. The Kier molecular flexibility index (Phi) is 6.62. The monoisotopic (exact) mass is 374 g/mol. The molecule has 7 heteroatoms. The molecule has 2 bridgehead atoms. The zero-order chi connectivity index (χ0) is 18.0. The van der Waals surface area contributed by atoms with Crippen LogP contribution in [0.15, 0.2) is 0 Å². The van der Waals surface area contributed by atoms with Crippen molar-refractivity contribution in [3.63, 3.8) is 0 Å². The van der Waals surface area contributed by atoms with E-state index in [1.54, 1.807) is 9.34 Å². The maximum Gasteiger partial charge on any atom is 0.345 e. The highest BCUT2D eigenvalue weighted by Crippen LogP contribution is 2.56. The standard InChI is InChI=1S/C18H35N2O4P/c1-19(2)25(21,20(3)4)24-18-14-8-7-9-15(18)16(12-11-14)23-17-10-5-6-13-22-17/h14-18H,5-13H2,1-4H3. The molecule has 6 nitrogen and oxygen atoms in total. The van der Waals surface area contributed by atoms with E-state index in [4.69, 9.17) is 14.0 Å². The summed E-state index contributed by atoms with van der Waals surface area (Å²) in [7, 11) is 4.37. The lowest BCUT2D eigenvalue weighted by atomic mass is 9.68. The molecule has 146 valence electrons. The molecule has 5 unspecified atom stereocenters. The number of nitrogens with zero attached hydrogens (tertiary/aromatic N) is 2. The first-order valence-electron chi connectivity index (χ1n) is 9.83. The molecule has 1 aliphatic heterocycles. The van der Waals surface area contributed by atoms with Gasteiger partial charge in [0, 0.05) is 12.5 Å². The van der Waals surface area contributed by atoms with Gasteiger partial charge in [0.2, 0.25) is 0 Å². The maximum atomic E-state index is 13.4. The van der Waals surface area contributed by atoms with Crippen LogP contribution in [0.3, 0.4) is 0 Å². The fourth-order valence-electron chi connectivity index (χ4n) is 4.64. The van der Waals surface area contributed by atoms with E-state index in [2.05, 4.69) is 0 Å². The van der Waals surface area contributed by atoms with Crippen molar-refractivity contribution in [2.45, 2.75) is 69.9 Å². The van der Waals surface area contributed by atoms with E-state index < -0.39 is 7.67 Å². The Morgan fingerprint density at radius 1 is 0.920 bits per heavy atom. The summed E-state index contributed by atoms with van der Waals surface area (Å²) in [4.78, 5) is 0. The largest absolute Gasteiger partial charge is 0.353 e. The van der Waals surface area contributed by atoms with Gasteiger partial charge < -0.3 is 14.0 Å². The third-order valence-corrected chi connectivity index (χ3v) is 8.57. The first-order valence-corrected chi connectivity index (χ1v) is 11.4. The molecular formula is C18H35N2O4P. The molecule has 2 aliphatic carbocycles. The van der Waals surface area contributed by atoms with E-state index in [1.807, 2.05) is 28.2 Å². The quantitative estimate of drug-likeness (QED) is 0.661. The van der Waals surface area contributed by atoms with Crippen molar-refractivity contribution in [1.82, 2.24) is 9.34 Å². The van der Waals surface area contributed by atoms with E-state index in [0.29, 0.717) is 11.8 Å². The predicted molar refractivity (Wildman–Crippen MR) is 98.4 cm³/mol. The van der Waals surface area contributed by atoms with Gasteiger partial charge in [-0.2, -0.15) is 0 Å². The minimum absolute atomic E-state index is 0.0201. The summed E-state index contributed by atoms with van der Waals surface area (Å²) in [5, 5.41) is 0. The Labute approximate surface area is 152 Å². The van der Waals surface area contributed by atoms with Crippen LogP contribution in [-0.4, -0.2) is 62.6 Å². The lowest BCUT2D eigenvalue weighted by Gasteiger charge is -2.48.